The van der Waals surface area contributed by atoms with Crippen molar-refractivity contribution in [1.82, 2.24) is 4.98 Å². The van der Waals surface area contributed by atoms with Crippen LogP contribution in [0, 0.1) is 0 Å². The maximum atomic E-state index is 12.8. The van der Waals surface area contributed by atoms with Gasteiger partial charge in [0.15, 0.2) is 0 Å². The summed E-state index contributed by atoms with van der Waals surface area (Å²) in [6.07, 6.45) is -2.84. The van der Waals surface area contributed by atoms with Crippen LogP contribution < -0.4 is 19.6 Å². The summed E-state index contributed by atoms with van der Waals surface area (Å²) >= 11 is 1.48. The predicted octanol–water partition coefficient (Wildman–Crippen LogP) is 6.23. The van der Waals surface area contributed by atoms with E-state index >= 15 is 0 Å². The third-order valence-corrected chi connectivity index (χ3v) is 5.59. The van der Waals surface area contributed by atoms with Crippen LogP contribution in [0.1, 0.15) is 11.1 Å². The molecule has 1 aromatic heterocycles. The topological polar surface area (TPSA) is 65.0 Å². The molecule has 4 rings (SSSR count). The second kappa shape index (κ2) is 10.4. The van der Waals surface area contributed by atoms with E-state index in [9.17, 15) is 13.2 Å². The van der Waals surface area contributed by atoms with Crippen molar-refractivity contribution >= 4 is 32.9 Å². The summed E-state index contributed by atoms with van der Waals surface area (Å²) in [6.45, 7) is 0.183. The average molecular weight is 488 g/mol. The molecular weight excluding hydrogens is 467 g/mol. The lowest BCUT2D eigenvalue weighted by Crippen LogP contribution is -2.11. The Kier molecular flexibility index (Phi) is 7.17. The van der Waals surface area contributed by atoms with E-state index < -0.39 is 11.7 Å². The first-order chi connectivity index (χ1) is 16.4. The lowest BCUT2D eigenvalue weighted by atomic mass is 10.2. The zero-order valence-electron chi connectivity index (χ0n) is 18.0. The molecule has 0 radical (unpaired) electrons. The van der Waals surface area contributed by atoms with Crippen molar-refractivity contribution in [2.45, 2.75) is 6.18 Å². The van der Waals surface area contributed by atoms with Crippen LogP contribution in [-0.4, -0.2) is 31.5 Å². The average Bonchev–Trinajstić information content (AvgIpc) is 3.25. The largest absolute Gasteiger partial charge is 0.497 e. The van der Waals surface area contributed by atoms with Gasteiger partial charge < -0.3 is 14.2 Å². The Bertz CT molecular complexity index is 1260. The van der Waals surface area contributed by atoms with Crippen molar-refractivity contribution in [3.05, 3.63) is 77.9 Å². The zero-order valence-corrected chi connectivity index (χ0v) is 18.8. The molecule has 1 N–H and O–H groups in total. The number of ether oxygens (including phenoxy) is 3. The van der Waals surface area contributed by atoms with E-state index in [-0.39, 0.29) is 19.0 Å². The summed E-state index contributed by atoms with van der Waals surface area (Å²) in [6, 6.07) is 17.7. The fraction of sp³-hybridized carbons (Fsp3) is 0.167. The standard InChI is InChI=1S/C24H20F3N3O3S/c1-31-18-9-10-21(33-12-11-32-19-6-4-5-17(14-19)24(25,26)27)16(13-18)15-28-30-23-29-20-7-2-3-8-22(20)34-23/h2-10,13-15H,11-12H2,1H3,(H,29,30)/b28-15+. The van der Waals surface area contributed by atoms with E-state index in [1.54, 1.807) is 31.5 Å². The molecule has 0 saturated carbocycles. The highest BCUT2D eigenvalue weighted by molar-refractivity contribution is 7.22. The molecule has 1 heterocycles. The molecule has 0 atom stereocenters. The number of aromatic nitrogens is 1. The lowest BCUT2D eigenvalue weighted by Gasteiger charge is -2.12. The molecule has 0 saturated heterocycles. The molecule has 34 heavy (non-hydrogen) atoms. The minimum Gasteiger partial charge on any atom is -0.497 e. The third kappa shape index (κ3) is 5.96. The Labute approximate surface area is 197 Å². The van der Waals surface area contributed by atoms with Crippen molar-refractivity contribution in [1.29, 1.82) is 0 Å². The molecule has 4 aromatic rings. The Morgan fingerprint density at radius 3 is 2.59 bits per heavy atom. The molecule has 0 aliphatic rings. The van der Waals surface area contributed by atoms with Crippen LogP contribution in [0.4, 0.5) is 18.3 Å². The highest BCUT2D eigenvalue weighted by Crippen LogP contribution is 2.31. The van der Waals surface area contributed by atoms with Crippen LogP contribution in [0.15, 0.2) is 71.8 Å². The van der Waals surface area contributed by atoms with E-state index in [1.165, 1.54) is 23.5 Å². The van der Waals surface area contributed by atoms with Gasteiger partial charge in [0.25, 0.3) is 0 Å². The molecule has 0 aliphatic carbocycles. The predicted molar refractivity (Wildman–Crippen MR) is 126 cm³/mol. The molecule has 0 amide bonds. The number of hydrogen-bond acceptors (Lipinski definition) is 7. The smallest absolute Gasteiger partial charge is 0.416 e. The van der Waals surface area contributed by atoms with Crippen LogP contribution in [-0.2, 0) is 6.18 Å². The number of methoxy groups -OCH3 is 1. The van der Waals surface area contributed by atoms with Crippen molar-refractivity contribution in [2.24, 2.45) is 5.10 Å². The number of nitrogens with zero attached hydrogens (tertiary/aromatic N) is 2. The van der Waals surface area contributed by atoms with Crippen molar-refractivity contribution in [2.75, 3.05) is 25.7 Å². The van der Waals surface area contributed by atoms with E-state index in [0.717, 1.165) is 22.3 Å². The molecule has 0 unspecified atom stereocenters. The van der Waals surface area contributed by atoms with Gasteiger partial charge in [-0.25, -0.2) is 4.98 Å². The maximum Gasteiger partial charge on any atom is 0.416 e. The van der Waals surface area contributed by atoms with Crippen molar-refractivity contribution in [3.63, 3.8) is 0 Å². The number of fused-ring (bicyclic) bond motifs is 1. The van der Waals surface area contributed by atoms with Gasteiger partial charge in [-0.15, -0.1) is 0 Å². The van der Waals surface area contributed by atoms with E-state index in [0.29, 0.717) is 22.2 Å². The molecule has 0 bridgehead atoms. The Hall–Kier alpha value is -3.79. The molecule has 176 valence electrons. The van der Waals surface area contributed by atoms with Gasteiger partial charge in [-0.05, 0) is 48.5 Å². The monoisotopic (exact) mass is 487 g/mol. The molecule has 0 spiro atoms. The van der Waals surface area contributed by atoms with E-state index in [2.05, 4.69) is 15.5 Å². The Morgan fingerprint density at radius 2 is 1.79 bits per heavy atom. The Morgan fingerprint density at radius 1 is 0.971 bits per heavy atom. The summed E-state index contributed by atoms with van der Waals surface area (Å²) < 4.78 is 56.0. The van der Waals surface area contributed by atoms with E-state index in [1.807, 2.05) is 24.3 Å². The van der Waals surface area contributed by atoms with Crippen LogP contribution in [0.2, 0.25) is 0 Å². The highest BCUT2D eigenvalue weighted by Gasteiger charge is 2.30. The third-order valence-electron chi connectivity index (χ3n) is 4.65. The number of anilines is 1. The number of thiazole rings is 1. The van der Waals surface area contributed by atoms with Crippen molar-refractivity contribution in [3.8, 4) is 17.2 Å². The summed E-state index contributed by atoms with van der Waals surface area (Å²) in [7, 11) is 1.55. The number of alkyl halides is 3. The van der Waals surface area contributed by atoms with Gasteiger partial charge in [-0.2, -0.15) is 18.3 Å². The zero-order chi connectivity index (χ0) is 24.0. The number of hydrogen-bond donors (Lipinski definition) is 1. The molecule has 6 nitrogen and oxygen atoms in total. The Balaban J connectivity index is 1.38. The lowest BCUT2D eigenvalue weighted by molar-refractivity contribution is -0.137. The fourth-order valence-corrected chi connectivity index (χ4v) is 3.85. The minimum absolute atomic E-state index is 0.0634. The quantitative estimate of drug-likeness (QED) is 0.172. The first-order valence-electron chi connectivity index (χ1n) is 10.2. The summed E-state index contributed by atoms with van der Waals surface area (Å²) in [4.78, 5) is 4.46. The second-order valence-corrected chi connectivity index (χ2v) is 8.01. The van der Waals surface area contributed by atoms with Crippen LogP contribution in [0.5, 0.6) is 17.2 Å². The SMILES string of the molecule is COc1ccc(OCCOc2cccc(C(F)(F)F)c2)c(/C=N/Nc2nc3ccccc3s2)c1. The van der Waals surface area contributed by atoms with Gasteiger partial charge in [-0.3, -0.25) is 5.43 Å². The van der Waals surface area contributed by atoms with Crippen molar-refractivity contribution < 1.29 is 27.4 Å². The van der Waals surface area contributed by atoms with Gasteiger partial charge in [0.1, 0.15) is 30.5 Å². The number of nitrogens with one attached hydrogen (secondary N) is 1. The highest BCUT2D eigenvalue weighted by atomic mass is 32.1. The summed E-state index contributed by atoms with van der Waals surface area (Å²) in [5.41, 5.74) is 3.68. The maximum absolute atomic E-state index is 12.8. The van der Waals surface area contributed by atoms with Gasteiger partial charge in [-0.1, -0.05) is 29.5 Å². The van der Waals surface area contributed by atoms with Crippen LogP contribution >= 0.6 is 11.3 Å². The van der Waals surface area contributed by atoms with Gasteiger partial charge in [0, 0.05) is 5.56 Å². The molecule has 10 heteroatoms. The first kappa shape index (κ1) is 23.4. The van der Waals surface area contributed by atoms with Gasteiger partial charge >= 0.3 is 6.18 Å². The molecule has 3 aromatic carbocycles. The van der Waals surface area contributed by atoms with Crippen LogP contribution in [0.3, 0.4) is 0 Å². The number of halogens is 3. The second-order valence-electron chi connectivity index (χ2n) is 6.98. The molecule has 0 fully saturated rings. The number of benzene rings is 3. The normalized spacial score (nSPS) is 11.6. The fourth-order valence-electron chi connectivity index (χ4n) is 3.04. The first-order valence-corrected chi connectivity index (χ1v) is 11.0. The van der Waals surface area contributed by atoms with Gasteiger partial charge in [0.2, 0.25) is 5.13 Å². The van der Waals surface area contributed by atoms with Crippen LogP contribution in [0.25, 0.3) is 10.2 Å². The number of para-hydroxylation sites is 1. The van der Waals surface area contributed by atoms with Gasteiger partial charge in [0.05, 0.1) is 29.1 Å². The number of hydrazone groups is 1. The molecule has 0 aliphatic heterocycles. The minimum atomic E-state index is -4.42. The number of rotatable bonds is 9. The summed E-state index contributed by atoms with van der Waals surface area (Å²) in [5, 5.41) is 4.90. The molecular formula is C24H20F3N3O3S. The van der Waals surface area contributed by atoms with E-state index in [4.69, 9.17) is 14.2 Å². The summed E-state index contributed by atoms with van der Waals surface area (Å²) in [5.74, 6) is 1.26.